The Labute approximate surface area is 116 Å². The van der Waals surface area contributed by atoms with Gasteiger partial charge < -0.3 is 0 Å². The van der Waals surface area contributed by atoms with Crippen LogP contribution in [0.1, 0.15) is 0 Å². The predicted molar refractivity (Wildman–Crippen MR) is 69.1 cm³/mol. The van der Waals surface area contributed by atoms with Gasteiger partial charge in [-0.05, 0) is 40.2 Å². The quantitative estimate of drug-likeness (QED) is 0.927. The number of hydrogen-bond acceptors (Lipinski definition) is 3. The fourth-order valence-electron chi connectivity index (χ4n) is 1.32. The standard InChI is InChI=1S/C11H7BrF2N2O2S/c12-10-2-1-7(13)4-11(10)16-19(17,18)9-3-8(14)5-15-6-9/h1-6,16H. The maximum absolute atomic E-state index is 13.1. The molecule has 0 aliphatic rings. The number of aromatic nitrogens is 1. The minimum Gasteiger partial charge on any atom is -0.278 e. The number of halogens is 3. The molecule has 2 rings (SSSR count). The van der Waals surface area contributed by atoms with E-state index in [0.29, 0.717) is 4.47 Å². The van der Waals surface area contributed by atoms with E-state index >= 15 is 0 Å². The number of benzene rings is 1. The summed E-state index contributed by atoms with van der Waals surface area (Å²) in [7, 11) is -4.02. The second-order valence-electron chi connectivity index (χ2n) is 3.57. The third-order valence-corrected chi connectivity index (χ3v) is 4.19. The smallest absolute Gasteiger partial charge is 0.263 e. The molecular formula is C11H7BrF2N2O2S. The van der Waals surface area contributed by atoms with E-state index in [9.17, 15) is 17.2 Å². The van der Waals surface area contributed by atoms with E-state index in [1.54, 1.807) is 0 Å². The summed E-state index contributed by atoms with van der Waals surface area (Å²) in [5.41, 5.74) is 0.0178. The highest BCUT2D eigenvalue weighted by Gasteiger charge is 2.17. The molecule has 1 N–H and O–H groups in total. The maximum Gasteiger partial charge on any atom is 0.263 e. The summed E-state index contributed by atoms with van der Waals surface area (Å²) < 4.78 is 52.4. The Morgan fingerprint density at radius 3 is 2.53 bits per heavy atom. The van der Waals surface area contributed by atoms with Gasteiger partial charge in [0, 0.05) is 10.7 Å². The molecule has 2 aromatic rings. The van der Waals surface area contributed by atoms with E-state index in [0.717, 1.165) is 24.5 Å². The number of rotatable bonds is 3. The van der Waals surface area contributed by atoms with Gasteiger partial charge in [0.05, 0.1) is 11.9 Å². The van der Waals surface area contributed by atoms with Crippen LogP contribution in [-0.2, 0) is 10.0 Å². The Kier molecular flexibility index (Phi) is 3.81. The zero-order valence-electron chi connectivity index (χ0n) is 9.27. The Morgan fingerprint density at radius 1 is 1.11 bits per heavy atom. The molecule has 0 saturated carbocycles. The van der Waals surface area contributed by atoms with Gasteiger partial charge in [0.2, 0.25) is 0 Å². The Morgan fingerprint density at radius 2 is 1.84 bits per heavy atom. The topological polar surface area (TPSA) is 59.1 Å². The van der Waals surface area contributed by atoms with Crippen LogP contribution in [0.15, 0.2) is 46.0 Å². The molecule has 0 bridgehead atoms. The van der Waals surface area contributed by atoms with E-state index in [-0.39, 0.29) is 10.6 Å². The van der Waals surface area contributed by atoms with Gasteiger partial charge in [-0.1, -0.05) is 0 Å². The fraction of sp³-hybridized carbons (Fsp3) is 0. The van der Waals surface area contributed by atoms with E-state index in [1.807, 2.05) is 0 Å². The highest BCUT2D eigenvalue weighted by Crippen LogP contribution is 2.25. The van der Waals surface area contributed by atoms with Gasteiger partial charge in [0.1, 0.15) is 16.5 Å². The molecule has 1 aromatic carbocycles. The van der Waals surface area contributed by atoms with E-state index < -0.39 is 21.7 Å². The number of nitrogens with one attached hydrogen (secondary N) is 1. The van der Waals surface area contributed by atoms with Gasteiger partial charge in [0.25, 0.3) is 10.0 Å². The molecule has 1 aromatic heterocycles. The first-order valence-electron chi connectivity index (χ1n) is 4.97. The van der Waals surface area contributed by atoms with Crippen molar-refractivity contribution >= 4 is 31.6 Å². The Bertz CT molecular complexity index is 722. The average Bonchev–Trinajstić information content (AvgIpc) is 2.33. The van der Waals surface area contributed by atoms with E-state index in [1.165, 1.54) is 12.1 Å². The predicted octanol–water partition coefficient (Wildman–Crippen LogP) is 2.92. The van der Waals surface area contributed by atoms with Crippen molar-refractivity contribution in [1.82, 2.24) is 4.98 Å². The van der Waals surface area contributed by atoms with Crippen LogP contribution in [0, 0.1) is 11.6 Å². The van der Waals surface area contributed by atoms with Crippen molar-refractivity contribution in [2.45, 2.75) is 4.90 Å². The van der Waals surface area contributed by atoms with Crippen molar-refractivity contribution in [3.05, 3.63) is 52.8 Å². The number of anilines is 1. The van der Waals surface area contributed by atoms with Crippen molar-refractivity contribution in [3.8, 4) is 0 Å². The zero-order chi connectivity index (χ0) is 14.0. The fourth-order valence-corrected chi connectivity index (χ4v) is 2.84. The SMILES string of the molecule is O=S(=O)(Nc1cc(F)ccc1Br)c1cncc(F)c1. The second kappa shape index (κ2) is 5.22. The molecule has 0 saturated heterocycles. The average molecular weight is 349 g/mol. The normalized spacial score (nSPS) is 11.3. The minimum absolute atomic E-state index is 0.0178. The van der Waals surface area contributed by atoms with Crippen LogP contribution in [0.3, 0.4) is 0 Å². The number of sulfonamides is 1. The Balaban J connectivity index is 2.39. The molecule has 4 nitrogen and oxygen atoms in total. The van der Waals surface area contributed by atoms with Crippen molar-refractivity contribution in [3.63, 3.8) is 0 Å². The molecule has 0 amide bonds. The molecule has 8 heteroatoms. The van der Waals surface area contributed by atoms with Gasteiger partial charge in [-0.25, -0.2) is 17.2 Å². The van der Waals surface area contributed by atoms with Crippen molar-refractivity contribution in [1.29, 1.82) is 0 Å². The summed E-state index contributed by atoms with van der Waals surface area (Å²) in [6.07, 6.45) is 1.88. The molecule has 0 fully saturated rings. The summed E-state index contributed by atoms with van der Waals surface area (Å²) >= 11 is 3.09. The number of pyridine rings is 1. The molecule has 100 valence electrons. The lowest BCUT2D eigenvalue weighted by molar-refractivity contribution is 0.592. The van der Waals surface area contributed by atoms with Gasteiger partial charge in [-0.15, -0.1) is 0 Å². The van der Waals surface area contributed by atoms with Crippen LogP contribution in [0.4, 0.5) is 14.5 Å². The summed E-state index contributed by atoms with van der Waals surface area (Å²) in [5.74, 6) is -1.38. The van der Waals surface area contributed by atoms with Crippen LogP contribution in [0.25, 0.3) is 0 Å². The molecule has 0 radical (unpaired) electrons. The minimum atomic E-state index is -4.02. The third kappa shape index (κ3) is 3.27. The van der Waals surface area contributed by atoms with Gasteiger partial charge in [0.15, 0.2) is 0 Å². The van der Waals surface area contributed by atoms with Crippen LogP contribution in [0.2, 0.25) is 0 Å². The molecule has 0 atom stereocenters. The maximum atomic E-state index is 13.1. The van der Waals surface area contributed by atoms with Crippen molar-refractivity contribution < 1.29 is 17.2 Å². The summed E-state index contributed by atoms with van der Waals surface area (Å²) in [5, 5.41) is 0. The van der Waals surface area contributed by atoms with Crippen molar-refractivity contribution in [2.75, 3.05) is 4.72 Å². The molecule has 0 aliphatic carbocycles. The summed E-state index contributed by atoms with van der Waals surface area (Å²) in [6.45, 7) is 0. The number of hydrogen-bond donors (Lipinski definition) is 1. The lowest BCUT2D eigenvalue weighted by atomic mass is 10.3. The van der Waals surface area contributed by atoms with Gasteiger partial charge in [-0.3, -0.25) is 9.71 Å². The number of nitrogens with zero attached hydrogens (tertiary/aromatic N) is 1. The molecule has 19 heavy (non-hydrogen) atoms. The first-order chi connectivity index (χ1) is 8.88. The molecule has 0 spiro atoms. The van der Waals surface area contributed by atoms with Crippen LogP contribution in [0.5, 0.6) is 0 Å². The molecular weight excluding hydrogens is 342 g/mol. The Hall–Kier alpha value is -1.54. The monoisotopic (exact) mass is 348 g/mol. The highest BCUT2D eigenvalue weighted by atomic mass is 79.9. The molecule has 0 unspecified atom stereocenters. The first kappa shape index (κ1) is 13.9. The van der Waals surface area contributed by atoms with Gasteiger partial charge in [-0.2, -0.15) is 0 Å². The summed E-state index contributed by atoms with van der Waals surface area (Å²) in [6, 6.07) is 4.36. The second-order valence-corrected chi connectivity index (χ2v) is 6.11. The van der Waals surface area contributed by atoms with Crippen molar-refractivity contribution in [2.24, 2.45) is 0 Å². The van der Waals surface area contributed by atoms with Crippen LogP contribution >= 0.6 is 15.9 Å². The highest BCUT2D eigenvalue weighted by molar-refractivity contribution is 9.10. The van der Waals surface area contributed by atoms with Crippen LogP contribution < -0.4 is 4.72 Å². The lowest BCUT2D eigenvalue weighted by Crippen LogP contribution is -2.14. The summed E-state index contributed by atoms with van der Waals surface area (Å²) in [4.78, 5) is 3.11. The third-order valence-electron chi connectivity index (χ3n) is 2.16. The van der Waals surface area contributed by atoms with E-state index in [2.05, 4.69) is 25.6 Å². The van der Waals surface area contributed by atoms with Crippen LogP contribution in [-0.4, -0.2) is 13.4 Å². The molecule has 1 heterocycles. The molecule has 0 aliphatic heterocycles. The zero-order valence-corrected chi connectivity index (χ0v) is 11.7. The van der Waals surface area contributed by atoms with E-state index in [4.69, 9.17) is 0 Å². The first-order valence-corrected chi connectivity index (χ1v) is 7.24. The lowest BCUT2D eigenvalue weighted by Gasteiger charge is -2.09. The largest absolute Gasteiger partial charge is 0.278 e. The van der Waals surface area contributed by atoms with Gasteiger partial charge >= 0.3 is 0 Å².